The highest BCUT2D eigenvalue weighted by Crippen LogP contribution is 2.18. The third kappa shape index (κ3) is 1.84. The first kappa shape index (κ1) is 10.8. The number of hydrogen-bond donors (Lipinski definition) is 1. The summed E-state index contributed by atoms with van der Waals surface area (Å²) >= 11 is 0. The van der Waals surface area contributed by atoms with Crippen molar-refractivity contribution in [2.45, 2.75) is 13.3 Å². The van der Waals surface area contributed by atoms with E-state index in [0.29, 0.717) is 12.1 Å². The minimum absolute atomic E-state index is 0.204. The molecule has 1 aromatic heterocycles. The second kappa shape index (κ2) is 4.45. The molecule has 84 valence electrons. The van der Waals surface area contributed by atoms with Gasteiger partial charge in [0.15, 0.2) is 0 Å². The Morgan fingerprint density at radius 3 is 3.00 bits per heavy atom. The summed E-state index contributed by atoms with van der Waals surface area (Å²) in [7, 11) is 0. The van der Waals surface area contributed by atoms with Crippen molar-refractivity contribution in [1.82, 2.24) is 9.55 Å². The summed E-state index contributed by atoms with van der Waals surface area (Å²) in [5.74, 6) is -0.204. The van der Waals surface area contributed by atoms with E-state index >= 15 is 0 Å². The fraction of sp³-hybridized carbons (Fsp3) is 0.250. The fourth-order valence-corrected chi connectivity index (χ4v) is 1.73. The maximum atomic E-state index is 13.4. The summed E-state index contributed by atoms with van der Waals surface area (Å²) in [6.07, 6.45) is 4.18. The summed E-state index contributed by atoms with van der Waals surface area (Å²) in [5, 5.41) is 0. The molecule has 2 N–H and O–H groups in total. The maximum Gasteiger partial charge on any atom is 0.128 e. The standard InChI is InChI=1S/C12H14FN3/c1-9-11(13)3-2-4-12(9)16-8-15-7-10(16)5-6-14/h2-4,7-8H,5-6,14H2,1H3. The molecule has 0 atom stereocenters. The van der Waals surface area contributed by atoms with Crippen LogP contribution in [0.15, 0.2) is 30.7 Å². The van der Waals surface area contributed by atoms with E-state index < -0.39 is 0 Å². The Balaban J connectivity index is 2.50. The van der Waals surface area contributed by atoms with Crippen LogP contribution in [0.25, 0.3) is 5.69 Å². The summed E-state index contributed by atoms with van der Waals surface area (Å²) in [6, 6.07) is 5.03. The van der Waals surface area contributed by atoms with Crippen molar-refractivity contribution < 1.29 is 4.39 Å². The molecule has 0 saturated heterocycles. The molecule has 1 heterocycles. The molecule has 16 heavy (non-hydrogen) atoms. The van der Waals surface area contributed by atoms with Crippen molar-refractivity contribution >= 4 is 0 Å². The van der Waals surface area contributed by atoms with E-state index in [1.807, 2.05) is 10.6 Å². The zero-order valence-corrected chi connectivity index (χ0v) is 9.15. The van der Waals surface area contributed by atoms with Gasteiger partial charge in [-0.3, -0.25) is 0 Å². The lowest BCUT2D eigenvalue weighted by Gasteiger charge is -2.10. The average Bonchev–Trinajstić information content (AvgIpc) is 2.71. The van der Waals surface area contributed by atoms with Crippen LogP contribution in [0.3, 0.4) is 0 Å². The van der Waals surface area contributed by atoms with Crippen molar-refractivity contribution in [3.05, 3.63) is 47.8 Å². The van der Waals surface area contributed by atoms with Gasteiger partial charge in [-0.05, 0) is 25.6 Å². The number of hydrogen-bond acceptors (Lipinski definition) is 2. The number of halogens is 1. The molecule has 0 fully saturated rings. The summed E-state index contributed by atoms with van der Waals surface area (Å²) in [5.41, 5.74) is 7.96. The molecule has 2 rings (SSSR count). The Morgan fingerprint density at radius 2 is 2.25 bits per heavy atom. The van der Waals surface area contributed by atoms with Crippen LogP contribution in [0, 0.1) is 12.7 Å². The molecule has 0 saturated carbocycles. The number of nitrogens with zero attached hydrogens (tertiary/aromatic N) is 2. The Bertz CT molecular complexity index is 491. The van der Waals surface area contributed by atoms with Crippen molar-refractivity contribution in [2.24, 2.45) is 5.73 Å². The molecular weight excluding hydrogens is 205 g/mol. The van der Waals surface area contributed by atoms with Gasteiger partial charge in [0, 0.05) is 23.9 Å². The largest absolute Gasteiger partial charge is 0.330 e. The van der Waals surface area contributed by atoms with E-state index in [9.17, 15) is 4.39 Å². The Morgan fingerprint density at radius 1 is 1.44 bits per heavy atom. The highest BCUT2D eigenvalue weighted by molar-refractivity contribution is 5.42. The van der Waals surface area contributed by atoms with Crippen LogP contribution < -0.4 is 5.73 Å². The molecule has 3 nitrogen and oxygen atoms in total. The second-order valence-electron chi connectivity index (χ2n) is 3.68. The molecule has 0 spiro atoms. The van der Waals surface area contributed by atoms with E-state index in [1.165, 1.54) is 6.07 Å². The van der Waals surface area contributed by atoms with Crippen molar-refractivity contribution in [2.75, 3.05) is 6.54 Å². The van der Waals surface area contributed by atoms with E-state index in [2.05, 4.69) is 4.98 Å². The minimum Gasteiger partial charge on any atom is -0.330 e. The second-order valence-corrected chi connectivity index (χ2v) is 3.68. The van der Waals surface area contributed by atoms with E-state index in [1.54, 1.807) is 25.5 Å². The van der Waals surface area contributed by atoms with Crippen LogP contribution >= 0.6 is 0 Å². The van der Waals surface area contributed by atoms with Crippen LogP contribution in [0.2, 0.25) is 0 Å². The Hall–Kier alpha value is -1.68. The van der Waals surface area contributed by atoms with Crippen molar-refractivity contribution in [3.63, 3.8) is 0 Å². The predicted octanol–water partition coefficient (Wildman–Crippen LogP) is 1.82. The number of rotatable bonds is 3. The molecule has 4 heteroatoms. The van der Waals surface area contributed by atoms with Crippen LogP contribution in [-0.2, 0) is 6.42 Å². The van der Waals surface area contributed by atoms with Gasteiger partial charge in [-0.1, -0.05) is 6.07 Å². The molecular formula is C12H14FN3. The zero-order valence-electron chi connectivity index (χ0n) is 9.15. The molecule has 0 aliphatic rings. The van der Waals surface area contributed by atoms with E-state index in [4.69, 9.17) is 5.73 Å². The van der Waals surface area contributed by atoms with Gasteiger partial charge in [-0.15, -0.1) is 0 Å². The predicted molar refractivity (Wildman–Crippen MR) is 61.0 cm³/mol. The topological polar surface area (TPSA) is 43.8 Å². The van der Waals surface area contributed by atoms with Crippen molar-refractivity contribution in [1.29, 1.82) is 0 Å². The monoisotopic (exact) mass is 219 g/mol. The lowest BCUT2D eigenvalue weighted by molar-refractivity contribution is 0.616. The lowest BCUT2D eigenvalue weighted by Crippen LogP contribution is -2.08. The SMILES string of the molecule is Cc1c(F)cccc1-n1cncc1CCN. The molecule has 0 bridgehead atoms. The summed E-state index contributed by atoms with van der Waals surface area (Å²) in [6.45, 7) is 2.32. The van der Waals surface area contributed by atoms with Gasteiger partial charge in [0.05, 0.1) is 12.0 Å². The van der Waals surface area contributed by atoms with Gasteiger partial charge in [-0.25, -0.2) is 9.37 Å². The van der Waals surface area contributed by atoms with Gasteiger partial charge < -0.3 is 10.3 Å². The Kier molecular flexibility index (Phi) is 3.01. The quantitative estimate of drug-likeness (QED) is 0.855. The smallest absolute Gasteiger partial charge is 0.128 e. The highest BCUT2D eigenvalue weighted by Gasteiger charge is 2.08. The van der Waals surface area contributed by atoms with Crippen LogP contribution in [0.4, 0.5) is 4.39 Å². The first-order valence-corrected chi connectivity index (χ1v) is 5.21. The molecule has 0 aliphatic carbocycles. The number of benzene rings is 1. The van der Waals surface area contributed by atoms with Gasteiger partial charge >= 0.3 is 0 Å². The Labute approximate surface area is 93.7 Å². The fourth-order valence-electron chi connectivity index (χ4n) is 1.73. The van der Waals surface area contributed by atoms with Crippen LogP contribution in [0.1, 0.15) is 11.3 Å². The molecule has 1 aromatic carbocycles. The highest BCUT2D eigenvalue weighted by atomic mass is 19.1. The summed E-state index contributed by atoms with van der Waals surface area (Å²) < 4.78 is 15.3. The molecule has 0 amide bonds. The van der Waals surface area contributed by atoms with Gasteiger partial charge in [0.25, 0.3) is 0 Å². The molecule has 0 unspecified atom stereocenters. The van der Waals surface area contributed by atoms with Gasteiger partial charge in [-0.2, -0.15) is 0 Å². The molecule has 0 radical (unpaired) electrons. The van der Waals surface area contributed by atoms with Gasteiger partial charge in [0.1, 0.15) is 5.82 Å². The normalized spacial score (nSPS) is 10.7. The third-order valence-electron chi connectivity index (χ3n) is 2.61. The van der Waals surface area contributed by atoms with E-state index in [-0.39, 0.29) is 5.82 Å². The summed E-state index contributed by atoms with van der Waals surface area (Å²) in [4.78, 5) is 4.07. The molecule has 2 aromatic rings. The maximum absolute atomic E-state index is 13.4. The number of imidazole rings is 1. The van der Waals surface area contributed by atoms with E-state index in [0.717, 1.165) is 17.8 Å². The van der Waals surface area contributed by atoms with Crippen molar-refractivity contribution in [3.8, 4) is 5.69 Å². The first-order chi connectivity index (χ1) is 7.74. The average molecular weight is 219 g/mol. The van der Waals surface area contributed by atoms with Gasteiger partial charge in [0.2, 0.25) is 0 Å². The zero-order chi connectivity index (χ0) is 11.5. The minimum atomic E-state index is -0.204. The van der Waals surface area contributed by atoms with Crippen LogP contribution in [0.5, 0.6) is 0 Å². The van der Waals surface area contributed by atoms with Crippen LogP contribution in [-0.4, -0.2) is 16.1 Å². The first-order valence-electron chi connectivity index (χ1n) is 5.21. The third-order valence-corrected chi connectivity index (χ3v) is 2.61. The number of aromatic nitrogens is 2. The number of nitrogens with two attached hydrogens (primary N) is 1. The lowest BCUT2D eigenvalue weighted by atomic mass is 10.2. The molecule has 0 aliphatic heterocycles.